The van der Waals surface area contributed by atoms with Gasteiger partial charge in [0.25, 0.3) is 0 Å². The molecule has 0 radical (unpaired) electrons. The number of nitrogens with zero attached hydrogens (tertiary/aromatic N) is 2. The van der Waals surface area contributed by atoms with Crippen LogP contribution in [-0.4, -0.2) is 47.7 Å². The maximum Gasteiger partial charge on any atom is 0.323 e. The second kappa shape index (κ2) is 8.37. The van der Waals surface area contributed by atoms with Gasteiger partial charge in [-0.05, 0) is 19.0 Å². The summed E-state index contributed by atoms with van der Waals surface area (Å²) in [4.78, 5) is 28.2. The Hall–Kier alpha value is -2.51. The van der Waals surface area contributed by atoms with Crippen molar-refractivity contribution in [3.63, 3.8) is 0 Å². The summed E-state index contributed by atoms with van der Waals surface area (Å²) in [6.07, 6.45) is 3.80. The van der Waals surface area contributed by atoms with E-state index in [1.54, 1.807) is 13.2 Å². The molecule has 0 saturated heterocycles. The van der Waals surface area contributed by atoms with Gasteiger partial charge in [0.05, 0.1) is 18.8 Å². The summed E-state index contributed by atoms with van der Waals surface area (Å²) < 4.78 is 6.08. The smallest absolute Gasteiger partial charge is 0.323 e. The molecule has 2 aromatic rings. The highest BCUT2D eigenvalue weighted by atomic mass is 16.5. The van der Waals surface area contributed by atoms with E-state index in [4.69, 9.17) is 10.5 Å². The first kappa shape index (κ1) is 17.8. The molecule has 0 aliphatic heterocycles. The highest BCUT2D eigenvalue weighted by Crippen LogP contribution is 2.06. The molecule has 3 N–H and O–H groups in total. The molecule has 24 heavy (non-hydrogen) atoms. The molecule has 0 aliphatic rings. The Bertz CT molecular complexity index is 684. The van der Waals surface area contributed by atoms with Gasteiger partial charge in [0.15, 0.2) is 0 Å². The number of likely N-dealkylation sites (N-methyl/N-ethyl adjacent to an activating group) is 1. The fraction of sp³-hybridized carbons (Fsp3) is 0.353. The molecule has 0 bridgehead atoms. The van der Waals surface area contributed by atoms with Gasteiger partial charge in [-0.25, -0.2) is 4.98 Å². The molecule has 1 heterocycles. The van der Waals surface area contributed by atoms with E-state index < -0.39 is 12.1 Å². The van der Waals surface area contributed by atoms with Crippen LogP contribution in [0.15, 0.2) is 42.9 Å². The van der Waals surface area contributed by atoms with Gasteiger partial charge in [-0.15, -0.1) is 0 Å². The molecule has 2 rings (SSSR count). The van der Waals surface area contributed by atoms with Gasteiger partial charge in [0.1, 0.15) is 12.4 Å². The van der Waals surface area contributed by atoms with Crippen molar-refractivity contribution >= 4 is 11.9 Å². The maximum absolute atomic E-state index is 12.4. The van der Waals surface area contributed by atoms with Crippen LogP contribution in [0.25, 0.3) is 0 Å². The van der Waals surface area contributed by atoms with Gasteiger partial charge in [-0.2, -0.15) is 0 Å². The summed E-state index contributed by atoms with van der Waals surface area (Å²) in [5.41, 5.74) is 7.61. The maximum atomic E-state index is 12.4. The van der Waals surface area contributed by atoms with Crippen molar-refractivity contribution < 1.29 is 14.3 Å². The van der Waals surface area contributed by atoms with E-state index in [9.17, 15) is 9.59 Å². The van der Waals surface area contributed by atoms with E-state index in [0.29, 0.717) is 18.5 Å². The lowest BCUT2D eigenvalue weighted by Crippen LogP contribution is -2.37. The first-order chi connectivity index (χ1) is 11.5. The molecule has 128 valence electrons. The Kier molecular flexibility index (Phi) is 6.22. The van der Waals surface area contributed by atoms with Gasteiger partial charge >= 0.3 is 5.97 Å². The van der Waals surface area contributed by atoms with Crippen molar-refractivity contribution in [2.24, 2.45) is 5.73 Å². The number of nitrogens with one attached hydrogen (secondary N) is 1. The van der Waals surface area contributed by atoms with Gasteiger partial charge in [0, 0.05) is 12.6 Å². The number of nitrogens with two attached hydrogens (primary N) is 1. The number of imidazole rings is 1. The van der Waals surface area contributed by atoms with Crippen molar-refractivity contribution in [2.75, 3.05) is 14.2 Å². The third-order valence-electron chi connectivity index (χ3n) is 3.75. The van der Waals surface area contributed by atoms with Crippen molar-refractivity contribution in [1.29, 1.82) is 0 Å². The van der Waals surface area contributed by atoms with E-state index >= 15 is 0 Å². The van der Waals surface area contributed by atoms with E-state index in [1.165, 1.54) is 18.0 Å². The molecule has 0 amide bonds. The highest BCUT2D eigenvalue weighted by Gasteiger charge is 2.21. The number of hydrogen-bond donors (Lipinski definition) is 2. The summed E-state index contributed by atoms with van der Waals surface area (Å²) in [5, 5.41) is 2.86. The van der Waals surface area contributed by atoms with Gasteiger partial charge in [-0.1, -0.05) is 30.3 Å². The molecular weight excluding hydrogens is 308 g/mol. The number of ether oxygens (including phenoxy) is 1. The third-order valence-corrected chi connectivity index (χ3v) is 3.75. The second-order valence-corrected chi connectivity index (χ2v) is 5.48. The summed E-state index contributed by atoms with van der Waals surface area (Å²) in [6, 6.07) is 8.43. The third kappa shape index (κ3) is 4.50. The van der Waals surface area contributed by atoms with E-state index in [2.05, 4.69) is 10.3 Å². The number of esters is 1. The minimum atomic E-state index is -0.657. The number of methoxy groups -OCH3 is 1. The number of carbonyl (C=O) groups excluding carboxylic acids is 2. The van der Waals surface area contributed by atoms with Crippen molar-refractivity contribution in [1.82, 2.24) is 14.9 Å². The molecule has 0 unspecified atom stereocenters. The molecule has 0 saturated carbocycles. The molecule has 0 spiro atoms. The molecule has 0 fully saturated rings. The first-order valence-corrected chi connectivity index (χ1v) is 7.66. The fourth-order valence-electron chi connectivity index (χ4n) is 2.39. The Balaban J connectivity index is 2.01. The van der Waals surface area contributed by atoms with Crippen LogP contribution < -0.4 is 11.1 Å². The monoisotopic (exact) mass is 330 g/mol. The predicted octanol–water partition coefficient (Wildman–Crippen LogP) is 0.397. The number of carbonyl (C=O) groups is 2. The van der Waals surface area contributed by atoms with Crippen LogP contribution in [0.4, 0.5) is 0 Å². The van der Waals surface area contributed by atoms with E-state index in [-0.39, 0.29) is 11.9 Å². The minimum Gasteiger partial charge on any atom is -0.468 e. The van der Waals surface area contributed by atoms with Crippen LogP contribution in [0.3, 0.4) is 0 Å². The van der Waals surface area contributed by atoms with Crippen LogP contribution in [0.2, 0.25) is 0 Å². The quantitative estimate of drug-likeness (QED) is 0.713. The van der Waals surface area contributed by atoms with E-state index in [1.807, 2.05) is 30.3 Å². The van der Waals surface area contributed by atoms with E-state index in [0.717, 1.165) is 5.56 Å². The lowest BCUT2D eigenvalue weighted by atomic mass is 10.1. The summed E-state index contributed by atoms with van der Waals surface area (Å²) >= 11 is 0. The predicted molar refractivity (Wildman–Crippen MR) is 89.5 cm³/mol. The van der Waals surface area contributed by atoms with Gasteiger partial charge in [-0.3, -0.25) is 14.2 Å². The lowest BCUT2D eigenvalue weighted by molar-refractivity contribution is -0.142. The normalized spacial score (nSPS) is 13.3. The number of benzene rings is 1. The topological polar surface area (TPSA) is 99.2 Å². The Morgan fingerprint density at radius 3 is 2.62 bits per heavy atom. The lowest BCUT2D eigenvalue weighted by Gasteiger charge is -2.12. The number of rotatable bonds is 7. The van der Waals surface area contributed by atoms with Crippen LogP contribution in [-0.2, 0) is 22.4 Å². The Morgan fingerprint density at radius 2 is 2.00 bits per heavy atom. The highest BCUT2D eigenvalue weighted by molar-refractivity contribution is 5.84. The second-order valence-electron chi connectivity index (χ2n) is 5.48. The molecule has 7 heteroatoms. The van der Waals surface area contributed by atoms with Crippen molar-refractivity contribution in [3.8, 4) is 0 Å². The molecular formula is C17H22N4O3. The fourth-order valence-corrected chi connectivity index (χ4v) is 2.39. The number of aromatic nitrogens is 2. The molecule has 0 aliphatic carbocycles. The summed E-state index contributed by atoms with van der Waals surface area (Å²) in [7, 11) is 3.00. The van der Waals surface area contributed by atoms with Crippen LogP contribution >= 0.6 is 0 Å². The minimum absolute atomic E-state index is 0.239. The van der Waals surface area contributed by atoms with Crippen LogP contribution in [0.5, 0.6) is 0 Å². The van der Waals surface area contributed by atoms with Gasteiger partial charge < -0.3 is 15.8 Å². The average Bonchev–Trinajstić information content (AvgIpc) is 3.07. The van der Waals surface area contributed by atoms with Crippen LogP contribution in [0.1, 0.15) is 16.1 Å². The molecule has 7 nitrogen and oxygen atoms in total. The number of hydrogen-bond acceptors (Lipinski definition) is 6. The Labute approximate surface area is 140 Å². The zero-order valence-corrected chi connectivity index (χ0v) is 13.8. The average molecular weight is 330 g/mol. The first-order valence-electron chi connectivity index (χ1n) is 7.66. The van der Waals surface area contributed by atoms with Crippen molar-refractivity contribution in [3.05, 3.63) is 54.1 Å². The van der Waals surface area contributed by atoms with Gasteiger partial charge in [0.2, 0.25) is 5.91 Å². The summed E-state index contributed by atoms with van der Waals surface area (Å²) in [6.45, 7) is 0. The SMILES string of the molecule is CN[C@@H](Cc1cn(C(=O)[C@@H](N)Cc2ccccc2)cn1)C(=O)OC. The Morgan fingerprint density at radius 1 is 1.29 bits per heavy atom. The molecule has 1 aromatic carbocycles. The standard InChI is InChI=1S/C17H22N4O3/c1-19-15(17(23)24-2)9-13-10-21(11-20-13)16(22)14(18)8-12-6-4-3-5-7-12/h3-7,10-11,14-15,19H,8-9,18H2,1-2H3/t14-,15-/m0/s1. The zero-order valence-electron chi connectivity index (χ0n) is 13.8. The molecule has 1 aromatic heterocycles. The zero-order chi connectivity index (χ0) is 17.5. The molecule has 2 atom stereocenters. The van der Waals surface area contributed by atoms with Crippen molar-refractivity contribution in [2.45, 2.75) is 24.9 Å². The van der Waals surface area contributed by atoms with Crippen LogP contribution in [0, 0.1) is 0 Å². The summed E-state index contributed by atoms with van der Waals surface area (Å²) in [5.74, 6) is -0.615. The largest absolute Gasteiger partial charge is 0.468 e.